The average molecular weight is 158 g/mol. The van der Waals surface area contributed by atoms with Crippen molar-refractivity contribution < 1.29 is 9.90 Å². The summed E-state index contributed by atoms with van der Waals surface area (Å²) >= 11 is 0. The maximum atomic E-state index is 10.8. The monoisotopic (exact) mass is 158 g/mol. The minimum Gasteiger partial charge on any atom is -0.391 e. The van der Waals surface area contributed by atoms with Crippen LogP contribution in [0.4, 0.5) is 4.79 Å². The lowest BCUT2D eigenvalue weighted by Gasteiger charge is -2.20. The number of carbonyl (C=O) groups is 1. The average Bonchev–Trinajstić information content (AvgIpc) is 2.30. The van der Waals surface area contributed by atoms with Crippen molar-refractivity contribution in [2.45, 2.75) is 31.9 Å². The van der Waals surface area contributed by atoms with Gasteiger partial charge >= 0.3 is 6.03 Å². The van der Waals surface area contributed by atoms with Crippen LogP contribution in [0.1, 0.15) is 19.8 Å². The van der Waals surface area contributed by atoms with Crippen LogP contribution in [0, 0.1) is 0 Å². The molecule has 1 fully saturated rings. The van der Waals surface area contributed by atoms with Crippen molar-refractivity contribution >= 4 is 6.03 Å². The molecule has 1 rings (SSSR count). The highest BCUT2D eigenvalue weighted by Crippen LogP contribution is 2.19. The molecule has 0 radical (unpaired) electrons. The van der Waals surface area contributed by atoms with Gasteiger partial charge in [-0.05, 0) is 12.8 Å². The Morgan fingerprint density at radius 1 is 1.82 bits per heavy atom. The van der Waals surface area contributed by atoms with Crippen LogP contribution >= 0.6 is 0 Å². The molecule has 0 saturated carbocycles. The van der Waals surface area contributed by atoms with E-state index in [9.17, 15) is 9.90 Å². The van der Waals surface area contributed by atoms with Crippen molar-refractivity contribution in [2.75, 3.05) is 6.54 Å². The van der Waals surface area contributed by atoms with Gasteiger partial charge in [0, 0.05) is 12.6 Å². The number of hydrogen-bond donors (Lipinski definition) is 2. The van der Waals surface area contributed by atoms with E-state index in [4.69, 9.17) is 5.73 Å². The van der Waals surface area contributed by atoms with Crippen LogP contribution in [0.15, 0.2) is 0 Å². The predicted octanol–water partition coefficient (Wildman–Crippen LogP) is -0.0897. The lowest BCUT2D eigenvalue weighted by molar-refractivity contribution is 0.174. The van der Waals surface area contributed by atoms with Crippen LogP contribution in [0.5, 0.6) is 0 Å². The van der Waals surface area contributed by atoms with Crippen molar-refractivity contribution in [3.63, 3.8) is 0 Å². The Bertz CT molecular complexity index is 161. The summed E-state index contributed by atoms with van der Waals surface area (Å²) in [4.78, 5) is 12.3. The van der Waals surface area contributed by atoms with Crippen LogP contribution in [-0.2, 0) is 0 Å². The van der Waals surface area contributed by atoms with Crippen molar-refractivity contribution in [3.05, 3.63) is 0 Å². The predicted molar refractivity (Wildman–Crippen MR) is 41.0 cm³/mol. The first-order valence-corrected chi connectivity index (χ1v) is 3.89. The zero-order valence-corrected chi connectivity index (χ0v) is 6.66. The topological polar surface area (TPSA) is 66.6 Å². The zero-order valence-electron chi connectivity index (χ0n) is 6.66. The molecule has 4 heteroatoms. The number of aliphatic hydroxyl groups excluding tert-OH is 1. The largest absolute Gasteiger partial charge is 0.391 e. The molecule has 4 nitrogen and oxygen atoms in total. The van der Waals surface area contributed by atoms with E-state index < -0.39 is 6.03 Å². The standard InChI is InChI=1S/C7H14N2O2/c1-2-5-3-6(10)4-9(5)7(8)11/h5-6,10H,2-4H2,1H3,(H2,8,11). The highest BCUT2D eigenvalue weighted by molar-refractivity contribution is 5.72. The smallest absolute Gasteiger partial charge is 0.315 e. The van der Waals surface area contributed by atoms with Crippen LogP contribution in [0.2, 0.25) is 0 Å². The molecule has 0 aliphatic carbocycles. The molecule has 1 aliphatic heterocycles. The number of hydrogen-bond acceptors (Lipinski definition) is 2. The molecule has 3 N–H and O–H groups in total. The minimum absolute atomic E-state index is 0.141. The fraction of sp³-hybridized carbons (Fsp3) is 0.857. The molecule has 2 unspecified atom stereocenters. The molecule has 11 heavy (non-hydrogen) atoms. The highest BCUT2D eigenvalue weighted by atomic mass is 16.3. The molecule has 1 heterocycles. The van der Waals surface area contributed by atoms with Gasteiger partial charge in [0.25, 0.3) is 0 Å². The number of β-amino-alcohol motifs (C(OH)–C–C–N with tert-alkyl or cyclic N) is 1. The van der Waals surface area contributed by atoms with Gasteiger partial charge in [-0.2, -0.15) is 0 Å². The summed E-state index contributed by atoms with van der Waals surface area (Å²) in [6, 6.07) is -0.282. The van der Waals surface area contributed by atoms with Gasteiger partial charge in [-0.25, -0.2) is 4.79 Å². The zero-order chi connectivity index (χ0) is 8.43. The SMILES string of the molecule is CCC1CC(O)CN1C(N)=O. The number of aliphatic hydroxyl groups is 1. The van der Waals surface area contributed by atoms with Gasteiger partial charge in [-0.3, -0.25) is 0 Å². The second-order valence-corrected chi connectivity index (χ2v) is 2.94. The Kier molecular flexibility index (Phi) is 2.34. The molecule has 1 aliphatic rings. The van der Waals surface area contributed by atoms with E-state index >= 15 is 0 Å². The first-order valence-electron chi connectivity index (χ1n) is 3.89. The Morgan fingerprint density at radius 3 is 2.82 bits per heavy atom. The second kappa shape index (κ2) is 3.09. The third-order valence-electron chi connectivity index (χ3n) is 2.15. The van der Waals surface area contributed by atoms with Gasteiger partial charge in [-0.15, -0.1) is 0 Å². The molecule has 0 aromatic carbocycles. The van der Waals surface area contributed by atoms with E-state index in [2.05, 4.69) is 0 Å². The second-order valence-electron chi connectivity index (χ2n) is 2.94. The molecule has 0 spiro atoms. The summed E-state index contributed by atoms with van der Waals surface area (Å²) in [5, 5.41) is 9.20. The molecular formula is C7H14N2O2. The van der Waals surface area contributed by atoms with Gasteiger partial charge in [0.15, 0.2) is 0 Å². The molecule has 0 aromatic heterocycles. The summed E-state index contributed by atoms with van der Waals surface area (Å²) in [6.45, 7) is 2.38. The normalized spacial score (nSPS) is 30.9. The first kappa shape index (κ1) is 8.33. The number of likely N-dealkylation sites (tertiary alicyclic amines) is 1. The molecular weight excluding hydrogens is 144 g/mol. The third-order valence-corrected chi connectivity index (χ3v) is 2.15. The summed E-state index contributed by atoms with van der Waals surface area (Å²) in [5.74, 6) is 0. The lowest BCUT2D eigenvalue weighted by atomic mass is 10.1. The van der Waals surface area contributed by atoms with Crippen LogP contribution in [-0.4, -0.2) is 34.7 Å². The van der Waals surface area contributed by atoms with Crippen LogP contribution in [0.25, 0.3) is 0 Å². The van der Waals surface area contributed by atoms with Gasteiger partial charge in [-0.1, -0.05) is 6.92 Å². The summed E-state index contributed by atoms with van der Waals surface area (Å²) < 4.78 is 0. The summed E-state index contributed by atoms with van der Waals surface area (Å²) in [5.41, 5.74) is 5.10. The number of primary amides is 1. The molecule has 2 amide bonds. The number of nitrogens with zero attached hydrogens (tertiary/aromatic N) is 1. The number of carbonyl (C=O) groups excluding carboxylic acids is 1. The van der Waals surface area contributed by atoms with Crippen molar-refractivity contribution in [2.24, 2.45) is 5.73 Å². The van der Waals surface area contributed by atoms with Crippen LogP contribution in [0.3, 0.4) is 0 Å². The fourth-order valence-electron chi connectivity index (χ4n) is 1.55. The van der Waals surface area contributed by atoms with Gasteiger partial charge < -0.3 is 15.7 Å². The number of nitrogens with two attached hydrogens (primary N) is 1. The van der Waals surface area contributed by atoms with Crippen molar-refractivity contribution in [1.82, 2.24) is 4.90 Å². The maximum absolute atomic E-state index is 10.8. The van der Waals surface area contributed by atoms with Crippen molar-refractivity contribution in [3.8, 4) is 0 Å². The molecule has 1 saturated heterocycles. The van der Waals surface area contributed by atoms with E-state index in [1.54, 1.807) is 0 Å². The number of amides is 2. The Balaban J connectivity index is 2.57. The van der Waals surface area contributed by atoms with Crippen LogP contribution < -0.4 is 5.73 Å². The number of urea groups is 1. The Labute approximate surface area is 66.0 Å². The Morgan fingerprint density at radius 2 is 2.45 bits per heavy atom. The van der Waals surface area contributed by atoms with E-state index in [0.29, 0.717) is 13.0 Å². The summed E-state index contributed by atoms with van der Waals surface area (Å²) in [6.07, 6.45) is 1.15. The number of rotatable bonds is 1. The molecule has 0 bridgehead atoms. The van der Waals surface area contributed by atoms with E-state index in [-0.39, 0.29) is 12.1 Å². The molecule has 2 atom stereocenters. The lowest BCUT2D eigenvalue weighted by Crippen LogP contribution is -2.39. The van der Waals surface area contributed by atoms with E-state index in [0.717, 1.165) is 6.42 Å². The quantitative estimate of drug-likeness (QED) is 0.560. The van der Waals surface area contributed by atoms with Crippen molar-refractivity contribution in [1.29, 1.82) is 0 Å². The fourth-order valence-corrected chi connectivity index (χ4v) is 1.55. The maximum Gasteiger partial charge on any atom is 0.315 e. The first-order chi connectivity index (χ1) is 5.15. The minimum atomic E-state index is -0.423. The Hall–Kier alpha value is -0.770. The molecule has 64 valence electrons. The van der Waals surface area contributed by atoms with Gasteiger partial charge in [0.05, 0.1) is 6.10 Å². The summed E-state index contributed by atoms with van der Waals surface area (Å²) in [7, 11) is 0. The van der Waals surface area contributed by atoms with Gasteiger partial charge in [0.1, 0.15) is 0 Å². The van der Waals surface area contributed by atoms with E-state index in [1.165, 1.54) is 4.90 Å². The third kappa shape index (κ3) is 1.63. The van der Waals surface area contributed by atoms with E-state index in [1.807, 2.05) is 6.92 Å². The van der Waals surface area contributed by atoms with Gasteiger partial charge in [0.2, 0.25) is 0 Å². The highest BCUT2D eigenvalue weighted by Gasteiger charge is 2.31. The molecule has 0 aromatic rings.